The van der Waals surface area contributed by atoms with E-state index in [0.717, 1.165) is 37.0 Å². The standard InChI is InChI=1S/C19H31N3O4S/c1-5-17(19(23)20-8-9-21-10-12-26-13-11-21)22(27(4,24)25)18-14-15(2)6-7-16(18)3/h6-7,14,17H,5,8-13H2,1-4H3,(H,20,23). The van der Waals surface area contributed by atoms with Gasteiger partial charge in [0.25, 0.3) is 0 Å². The number of aryl methyl sites for hydroxylation is 2. The zero-order valence-electron chi connectivity index (χ0n) is 16.7. The predicted molar refractivity (Wildman–Crippen MR) is 108 cm³/mol. The number of amides is 1. The van der Waals surface area contributed by atoms with Crippen LogP contribution in [0.25, 0.3) is 0 Å². The summed E-state index contributed by atoms with van der Waals surface area (Å²) in [5, 5.41) is 2.91. The van der Waals surface area contributed by atoms with Crippen LogP contribution in [0.1, 0.15) is 24.5 Å². The first kappa shape index (κ1) is 21.7. The molecule has 1 atom stereocenters. The molecule has 1 unspecified atom stereocenters. The van der Waals surface area contributed by atoms with Gasteiger partial charge in [0.15, 0.2) is 0 Å². The van der Waals surface area contributed by atoms with E-state index in [1.54, 1.807) is 0 Å². The fraction of sp³-hybridized carbons (Fsp3) is 0.632. The molecule has 2 rings (SSSR count). The van der Waals surface area contributed by atoms with Crippen molar-refractivity contribution < 1.29 is 17.9 Å². The van der Waals surface area contributed by atoms with Gasteiger partial charge < -0.3 is 10.1 Å². The molecule has 7 nitrogen and oxygen atoms in total. The highest BCUT2D eigenvalue weighted by Crippen LogP contribution is 2.27. The van der Waals surface area contributed by atoms with E-state index in [-0.39, 0.29) is 5.91 Å². The molecule has 1 aromatic rings. The van der Waals surface area contributed by atoms with Crippen molar-refractivity contribution in [2.45, 2.75) is 33.2 Å². The molecular formula is C19H31N3O4S. The van der Waals surface area contributed by atoms with Gasteiger partial charge in [-0.05, 0) is 37.5 Å². The van der Waals surface area contributed by atoms with Gasteiger partial charge in [-0.3, -0.25) is 14.0 Å². The molecule has 0 aromatic heterocycles. The van der Waals surface area contributed by atoms with E-state index >= 15 is 0 Å². The highest BCUT2D eigenvalue weighted by molar-refractivity contribution is 7.92. The Kier molecular flexibility index (Phi) is 7.64. The van der Waals surface area contributed by atoms with Crippen molar-refractivity contribution >= 4 is 21.6 Å². The Balaban J connectivity index is 2.14. The van der Waals surface area contributed by atoms with E-state index in [1.165, 1.54) is 4.31 Å². The molecular weight excluding hydrogens is 366 g/mol. The molecule has 1 saturated heterocycles. The fourth-order valence-corrected chi connectivity index (χ4v) is 4.53. The van der Waals surface area contributed by atoms with Gasteiger partial charge in [-0.2, -0.15) is 0 Å². The Morgan fingerprint density at radius 2 is 1.96 bits per heavy atom. The number of ether oxygens (including phenoxy) is 1. The van der Waals surface area contributed by atoms with Crippen LogP contribution in [0.5, 0.6) is 0 Å². The van der Waals surface area contributed by atoms with E-state index in [2.05, 4.69) is 10.2 Å². The van der Waals surface area contributed by atoms with Crippen molar-refractivity contribution in [1.29, 1.82) is 0 Å². The summed E-state index contributed by atoms with van der Waals surface area (Å²) in [6, 6.07) is 4.86. The number of sulfonamides is 1. The molecule has 0 bridgehead atoms. The summed E-state index contributed by atoms with van der Waals surface area (Å²) >= 11 is 0. The van der Waals surface area contributed by atoms with Crippen molar-refractivity contribution in [1.82, 2.24) is 10.2 Å². The van der Waals surface area contributed by atoms with E-state index in [9.17, 15) is 13.2 Å². The number of morpholine rings is 1. The SMILES string of the molecule is CCC(C(=O)NCCN1CCOCC1)N(c1cc(C)ccc1C)S(C)(=O)=O. The maximum atomic E-state index is 12.8. The predicted octanol–water partition coefficient (Wildman–Crippen LogP) is 1.30. The average Bonchev–Trinajstić information content (AvgIpc) is 2.61. The molecule has 1 aliphatic rings. The zero-order valence-corrected chi connectivity index (χ0v) is 17.5. The molecule has 1 aromatic carbocycles. The first-order valence-electron chi connectivity index (χ1n) is 9.38. The summed E-state index contributed by atoms with van der Waals surface area (Å²) < 4.78 is 31.7. The van der Waals surface area contributed by atoms with Crippen LogP contribution in [0.15, 0.2) is 18.2 Å². The Morgan fingerprint density at radius 3 is 2.56 bits per heavy atom. The maximum absolute atomic E-state index is 12.8. The molecule has 1 fully saturated rings. The van der Waals surface area contributed by atoms with E-state index < -0.39 is 16.1 Å². The Bertz CT molecular complexity index is 745. The number of rotatable bonds is 8. The van der Waals surface area contributed by atoms with Gasteiger partial charge in [0, 0.05) is 26.2 Å². The summed E-state index contributed by atoms with van der Waals surface area (Å²) in [5.41, 5.74) is 2.34. The third-order valence-corrected chi connectivity index (χ3v) is 5.93. The quantitative estimate of drug-likeness (QED) is 0.715. The molecule has 0 spiro atoms. The minimum atomic E-state index is -3.61. The number of carbonyl (C=O) groups excluding carboxylic acids is 1. The minimum Gasteiger partial charge on any atom is -0.379 e. The molecule has 27 heavy (non-hydrogen) atoms. The first-order chi connectivity index (χ1) is 12.7. The first-order valence-corrected chi connectivity index (χ1v) is 11.2. The number of carbonyl (C=O) groups is 1. The molecule has 1 aliphatic heterocycles. The van der Waals surface area contributed by atoms with Crippen LogP contribution in [0.4, 0.5) is 5.69 Å². The molecule has 0 aliphatic carbocycles. The Labute approximate surface area is 162 Å². The topological polar surface area (TPSA) is 79.0 Å². The summed E-state index contributed by atoms with van der Waals surface area (Å²) in [7, 11) is -3.61. The zero-order chi connectivity index (χ0) is 20.0. The number of nitrogens with one attached hydrogen (secondary N) is 1. The van der Waals surface area contributed by atoms with Crippen LogP contribution in [-0.4, -0.2) is 70.9 Å². The van der Waals surface area contributed by atoms with Crippen LogP contribution in [0.2, 0.25) is 0 Å². The highest BCUT2D eigenvalue weighted by Gasteiger charge is 2.32. The lowest BCUT2D eigenvalue weighted by molar-refractivity contribution is -0.122. The van der Waals surface area contributed by atoms with Gasteiger partial charge in [-0.1, -0.05) is 19.1 Å². The van der Waals surface area contributed by atoms with Crippen molar-refractivity contribution in [3.05, 3.63) is 29.3 Å². The molecule has 0 saturated carbocycles. The maximum Gasteiger partial charge on any atom is 0.243 e. The van der Waals surface area contributed by atoms with Crippen molar-refractivity contribution in [3.8, 4) is 0 Å². The number of hydrogen-bond donors (Lipinski definition) is 1. The van der Waals surface area contributed by atoms with Gasteiger partial charge in [0.2, 0.25) is 15.9 Å². The van der Waals surface area contributed by atoms with Crippen LogP contribution in [0, 0.1) is 13.8 Å². The second-order valence-electron chi connectivity index (χ2n) is 7.02. The summed E-state index contributed by atoms with van der Waals surface area (Å²) in [6.07, 6.45) is 1.54. The normalized spacial score (nSPS) is 16.7. The van der Waals surface area contributed by atoms with Crippen molar-refractivity contribution in [2.24, 2.45) is 0 Å². The van der Waals surface area contributed by atoms with Gasteiger partial charge in [0.1, 0.15) is 6.04 Å². The highest BCUT2D eigenvalue weighted by atomic mass is 32.2. The number of hydrogen-bond acceptors (Lipinski definition) is 5. The molecule has 8 heteroatoms. The van der Waals surface area contributed by atoms with Crippen molar-refractivity contribution in [3.63, 3.8) is 0 Å². The molecule has 1 N–H and O–H groups in total. The number of benzene rings is 1. The largest absolute Gasteiger partial charge is 0.379 e. The lowest BCUT2D eigenvalue weighted by Gasteiger charge is -2.32. The molecule has 1 heterocycles. The van der Waals surface area contributed by atoms with E-state index in [1.807, 2.05) is 39.0 Å². The van der Waals surface area contributed by atoms with Crippen molar-refractivity contribution in [2.75, 3.05) is 50.0 Å². The van der Waals surface area contributed by atoms with Gasteiger partial charge in [-0.25, -0.2) is 8.42 Å². The lowest BCUT2D eigenvalue weighted by Crippen LogP contribution is -2.51. The van der Waals surface area contributed by atoms with Crippen LogP contribution in [-0.2, 0) is 19.6 Å². The molecule has 152 valence electrons. The monoisotopic (exact) mass is 397 g/mol. The smallest absolute Gasteiger partial charge is 0.243 e. The fourth-order valence-electron chi connectivity index (χ4n) is 3.27. The van der Waals surface area contributed by atoms with E-state index in [0.29, 0.717) is 31.9 Å². The van der Waals surface area contributed by atoms with E-state index in [4.69, 9.17) is 4.74 Å². The third kappa shape index (κ3) is 5.92. The molecule has 1 amide bonds. The Hall–Kier alpha value is -1.64. The van der Waals surface area contributed by atoms with Gasteiger partial charge >= 0.3 is 0 Å². The summed E-state index contributed by atoms with van der Waals surface area (Å²) in [4.78, 5) is 15.0. The second-order valence-corrected chi connectivity index (χ2v) is 8.88. The summed E-state index contributed by atoms with van der Waals surface area (Å²) in [5.74, 6) is -0.267. The van der Waals surface area contributed by atoms with Crippen LogP contribution >= 0.6 is 0 Å². The molecule has 0 radical (unpaired) electrons. The number of anilines is 1. The van der Waals surface area contributed by atoms with Crippen LogP contribution < -0.4 is 9.62 Å². The minimum absolute atomic E-state index is 0.267. The second kappa shape index (κ2) is 9.52. The average molecular weight is 398 g/mol. The third-order valence-electron chi connectivity index (χ3n) is 4.76. The van der Waals surface area contributed by atoms with Gasteiger partial charge in [-0.15, -0.1) is 0 Å². The van der Waals surface area contributed by atoms with Crippen LogP contribution in [0.3, 0.4) is 0 Å². The Morgan fingerprint density at radius 1 is 1.30 bits per heavy atom. The lowest BCUT2D eigenvalue weighted by atomic mass is 10.1. The number of nitrogens with zero attached hydrogens (tertiary/aromatic N) is 2. The van der Waals surface area contributed by atoms with Gasteiger partial charge in [0.05, 0.1) is 25.2 Å². The summed E-state index contributed by atoms with van der Waals surface area (Å²) in [6.45, 7) is 9.93.